The van der Waals surface area contributed by atoms with Crippen LogP contribution in [0.3, 0.4) is 0 Å². The maximum Gasteiger partial charge on any atom is 0.331 e. The lowest BCUT2D eigenvalue weighted by Crippen LogP contribution is -2.05. The molecule has 0 aliphatic carbocycles. The van der Waals surface area contributed by atoms with Crippen LogP contribution in [0.25, 0.3) is 5.57 Å². The molecular weight excluding hydrogens is 246 g/mol. The molecule has 2 aliphatic heterocycles. The van der Waals surface area contributed by atoms with Crippen molar-refractivity contribution in [3.05, 3.63) is 29.8 Å². The third-order valence-corrected chi connectivity index (χ3v) is 3.05. The molecule has 3 rings (SSSR count). The molecule has 0 aromatic heterocycles. The smallest absolute Gasteiger partial charge is 0.331 e. The van der Waals surface area contributed by atoms with Gasteiger partial charge in [-0.2, -0.15) is 0 Å². The molecule has 1 atom stereocenters. The molecule has 0 amide bonds. The highest BCUT2D eigenvalue weighted by molar-refractivity contribution is 5.93. The van der Waals surface area contributed by atoms with Crippen LogP contribution >= 0.6 is 0 Å². The molecule has 1 saturated heterocycles. The Bertz CT molecular complexity index is 534. The van der Waals surface area contributed by atoms with E-state index in [0.717, 1.165) is 23.4 Å². The monoisotopic (exact) mass is 261 g/mol. The van der Waals surface area contributed by atoms with Gasteiger partial charge in [-0.25, -0.2) is 4.79 Å². The van der Waals surface area contributed by atoms with Gasteiger partial charge >= 0.3 is 5.97 Å². The van der Waals surface area contributed by atoms with Gasteiger partial charge in [-0.1, -0.05) is 6.07 Å². The van der Waals surface area contributed by atoms with Crippen LogP contribution in [0.15, 0.2) is 24.3 Å². The molecule has 0 saturated carbocycles. The maximum absolute atomic E-state index is 11.6. The van der Waals surface area contributed by atoms with Crippen molar-refractivity contribution in [1.29, 1.82) is 0 Å². The minimum atomic E-state index is -0.316. The van der Waals surface area contributed by atoms with E-state index in [-0.39, 0.29) is 18.8 Å². The highest BCUT2D eigenvalue weighted by Crippen LogP contribution is 2.36. The Labute approximate surface area is 111 Å². The molecule has 1 aromatic carbocycles. The Hall–Kier alpha value is -2.01. The van der Waals surface area contributed by atoms with Crippen molar-refractivity contribution in [1.82, 2.24) is 5.32 Å². The zero-order valence-corrected chi connectivity index (χ0v) is 10.6. The third kappa shape index (κ3) is 2.56. The van der Waals surface area contributed by atoms with Crippen molar-refractivity contribution in [2.24, 2.45) is 0 Å². The van der Waals surface area contributed by atoms with E-state index in [1.165, 1.54) is 0 Å². The van der Waals surface area contributed by atoms with E-state index in [1.807, 2.05) is 18.2 Å². The predicted octanol–water partition coefficient (Wildman–Crippen LogP) is 1.33. The Morgan fingerprint density at radius 1 is 1.47 bits per heavy atom. The third-order valence-electron chi connectivity index (χ3n) is 3.05. The summed E-state index contributed by atoms with van der Waals surface area (Å²) in [7, 11) is 0. The van der Waals surface area contributed by atoms with Crippen molar-refractivity contribution in [3.63, 3.8) is 0 Å². The second-order valence-electron chi connectivity index (χ2n) is 4.38. The van der Waals surface area contributed by atoms with Gasteiger partial charge in [0, 0.05) is 18.7 Å². The average molecular weight is 261 g/mol. The van der Waals surface area contributed by atoms with Gasteiger partial charge in [0.05, 0.1) is 6.61 Å². The van der Waals surface area contributed by atoms with E-state index in [4.69, 9.17) is 14.2 Å². The summed E-state index contributed by atoms with van der Waals surface area (Å²) in [5.41, 5.74) is 1.88. The molecule has 5 heteroatoms. The van der Waals surface area contributed by atoms with Gasteiger partial charge in [0.2, 0.25) is 6.79 Å². The van der Waals surface area contributed by atoms with E-state index >= 15 is 0 Å². The predicted molar refractivity (Wildman–Crippen MR) is 69.0 cm³/mol. The van der Waals surface area contributed by atoms with Gasteiger partial charge in [-0.15, -0.1) is 0 Å². The van der Waals surface area contributed by atoms with Gasteiger partial charge in [0.25, 0.3) is 0 Å². The van der Waals surface area contributed by atoms with Gasteiger partial charge in [-0.3, -0.25) is 0 Å². The number of rotatable bonds is 4. The summed E-state index contributed by atoms with van der Waals surface area (Å²) >= 11 is 0. The number of esters is 1. The van der Waals surface area contributed by atoms with Crippen LogP contribution in [0, 0.1) is 0 Å². The Morgan fingerprint density at radius 2 is 2.26 bits per heavy atom. The molecule has 0 spiro atoms. The van der Waals surface area contributed by atoms with Crippen molar-refractivity contribution >= 4 is 11.5 Å². The summed E-state index contributed by atoms with van der Waals surface area (Å²) in [5, 5.41) is 3.20. The molecule has 19 heavy (non-hydrogen) atoms. The molecule has 2 heterocycles. The molecule has 1 N–H and O–H groups in total. The highest BCUT2D eigenvalue weighted by Gasteiger charge is 2.28. The zero-order chi connectivity index (χ0) is 13.2. The molecule has 0 unspecified atom stereocenters. The standard InChI is InChI=1S/C14H15NO4/c1-2-17-14(16)6-10(11-7-15-11)9-3-4-12-13(5-9)19-8-18-12/h3-6,11,15H,2,7-8H2,1H3/b10-6+/t11-/m0/s1. The van der Waals surface area contributed by atoms with Crippen molar-refractivity contribution in [2.75, 3.05) is 19.9 Å². The van der Waals surface area contributed by atoms with Gasteiger partial charge < -0.3 is 19.5 Å². The first-order valence-electron chi connectivity index (χ1n) is 6.29. The maximum atomic E-state index is 11.6. The topological polar surface area (TPSA) is 66.7 Å². The summed E-state index contributed by atoms with van der Waals surface area (Å²) in [5.74, 6) is 1.14. The van der Waals surface area contributed by atoms with Gasteiger partial charge in [0.15, 0.2) is 11.5 Å². The number of hydrogen-bond acceptors (Lipinski definition) is 5. The molecule has 5 nitrogen and oxygen atoms in total. The summed E-state index contributed by atoms with van der Waals surface area (Å²) in [6.07, 6.45) is 1.55. The number of benzene rings is 1. The Balaban J connectivity index is 1.90. The number of carbonyl (C=O) groups is 1. The summed E-state index contributed by atoms with van der Waals surface area (Å²) in [6.45, 7) is 3.29. The first kappa shape index (κ1) is 12.0. The average Bonchev–Trinajstić information content (AvgIpc) is 3.13. The first-order chi connectivity index (χ1) is 9.28. The van der Waals surface area contributed by atoms with Crippen LogP contribution in [0.4, 0.5) is 0 Å². The summed E-state index contributed by atoms with van der Waals surface area (Å²) < 4.78 is 15.6. The van der Waals surface area contributed by atoms with E-state index in [1.54, 1.807) is 13.0 Å². The van der Waals surface area contributed by atoms with Crippen molar-refractivity contribution in [3.8, 4) is 11.5 Å². The van der Waals surface area contributed by atoms with Crippen LogP contribution in [-0.4, -0.2) is 32.0 Å². The highest BCUT2D eigenvalue weighted by atomic mass is 16.7. The molecule has 0 bridgehead atoms. The number of ether oxygens (including phenoxy) is 3. The second-order valence-corrected chi connectivity index (χ2v) is 4.38. The molecule has 1 fully saturated rings. The van der Waals surface area contributed by atoms with Gasteiger partial charge in [0.1, 0.15) is 0 Å². The molecule has 0 radical (unpaired) electrons. The minimum Gasteiger partial charge on any atom is -0.463 e. The quantitative estimate of drug-likeness (QED) is 0.503. The van der Waals surface area contributed by atoms with Crippen LogP contribution in [-0.2, 0) is 9.53 Å². The number of hydrogen-bond donors (Lipinski definition) is 1. The lowest BCUT2D eigenvalue weighted by molar-refractivity contribution is -0.137. The fourth-order valence-corrected chi connectivity index (χ4v) is 2.05. The fraction of sp³-hybridized carbons (Fsp3) is 0.357. The SMILES string of the molecule is CCOC(=O)/C=C(\c1ccc2c(c1)OCO2)[C@@H]1CN1. The lowest BCUT2D eigenvalue weighted by Gasteiger charge is -2.07. The molecule has 2 aliphatic rings. The second kappa shape index (κ2) is 4.93. The summed E-state index contributed by atoms with van der Waals surface area (Å²) in [6, 6.07) is 5.90. The molecular formula is C14H15NO4. The molecule has 100 valence electrons. The normalized spacial score (nSPS) is 20.3. The zero-order valence-electron chi connectivity index (χ0n) is 10.6. The first-order valence-corrected chi connectivity index (χ1v) is 6.29. The Kier molecular flexibility index (Phi) is 3.13. The lowest BCUT2D eigenvalue weighted by atomic mass is 10.0. The molecule has 1 aromatic rings. The van der Waals surface area contributed by atoms with Crippen LogP contribution in [0.5, 0.6) is 11.5 Å². The van der Waals surface area contributed by atoms with Crippen molar-refractivity contribution in [2.45, 2.75) is 13.0 Å². The van der Waals surface area contributed by atoms with E-state index in [0.29, 0.717) is 12.4 Å². The summed E-state index contributed by atoms with van der Waals surface area (Å²) in [4.78, 5) is 11.6. The van der Waals surface area contributed by atoms with Gasteiger partial charge in [-0.05, 0) is 30.2 Å². The van der Waals surface area contributed by atoms with E-state index in [9.17, 15) is 4.79 Å². The number of nitrogens with one attached hydrogen (secondary N) is 1. The largest absolute Gasteiger partial charge is 0.463 e. The Morgan fingerprint density at radius 3 is 3.00 bits per heavy atom. The van der Waals surface area contributed by atoms with Crippen LogP contribution in [0.2, 0.25) is 0 Å². The van der Waals surface area contributed by atoms with E-state index < -0.39 is 0 Å². The number of fused-ring (bicyclic) bond motifs is 1. The fourth-order valence-electron chi connectivity index (χ4n) is 2.05. The number of carbonyl (C=O) groups excluding carboxylic acids is 1. The minimum absolute atomic E-state index is 0.213. The van der Waals surface area contributed by atoms with Crippen molar-refractivity contribution < 1.29 is 19.0 Å². The van der Waals surface area contributed by atoms with Crippen LogP contribution < -0.4 is 14.8 Å². The van der Waals surface area contributed by atoms with E-state index in [2.05, 4.69) is 5.32 Å². The van der Waals surface area contributed by atoms with Crippen LogP contribution in [0.1, 0.15) is 12.5 Å².